The molecule has 1 aliphatic rings. The van der Waals surface area contributed by atoms with Crippen molar-refractivity contribution in [2.45, 2.75) is 44.7 Å². The Labute approximate surface area is 143 Å². The Morgan fingerprint density at radius 1 is 1.25 bits per heavy atom. The zero-order chi connectivity index (χ0) is 13.5. The van der Waals surface area contributed by atoms with Crippen LogP contribution in [0.15, 0.2) is 29.3 Å². The van der Waals surface area contributed by atoms with E-state index in [4.69, 9.17) is 11.6 Å². The molecule has 1 saturated carbocycles. The van der Waals surface area contributed by atoms with Gasteiger partial charge in [-0.2, -0.15) is 0 Å². The summed E-state index contributed by atoms with van der Waals surface area (Å²) in [4.78, 5) is 4.28. The van der Waals surface area contributed by atoms with Crippen molar-refractivity contribution in [3.05, 3.63) is 34.9 Å². The second-order valence-electron chi connectivity index (χ2n) is 5.00. The van der Waals surface area contributed by atoms with Gasteiger partial charge in [-0.05, 0) is 24.5 Å². The van der Waals surface area contributed by atoms with E-state index >= 15 is 0 Å². The maximum Gasteiger partial charge on any atom is 0.191 e. The summed E-state index contributed by atoms with van der Waals surface area (Å²) in [5, 5.41) is 7.61. The number of hydrogen-bond acceptors (Lipinski definition) is 1. The molecule has 0 aliphatic heterocycles. The van der Waals surface area contributed by atoms with E-state index in [1.807, 2.05) is 31.3 Å². The standard InChI is InChI=1S/C15H22ClN3.HI/c1-17-15(19-13-8-3-2-4-9-13)18-11-12-7-5-6-10-14(12)16;/h5-7,10,13H,2-4,8-9,11H2,1H3,(H2,17,18,19);1H. The number of halogens is 2. The van der Waals surface area contributed by atoms with Crippen molar-refractivity contribution in [1.82, 2.24) is 10.6 Å². The molecule has 1 aromatic rings. The fraction of sp³-hybridized carbons (Fsp3) is 0.533. The monoisotopic (exact) mass is 407 g/mol. The molecule has 1 fully saturated rings. The van der Waals surface area contributed by atoms with Crippen molar-refractivity contribution in [3.63, 3.8) is 0 Å². The quantitative estimate of drug-likeness (QED) is 0.452. The van der Waals surface area contributed by atoms with Crippen molar-refractivity contribution in [2.75, 3.05) is 7.05 Å². The lowest BCUT2D eigenvalue weighted by atomic mass is 9.96. The maximum atomic E-state index is 6.14. The Morgan fingerprint density at radius 3 is 2.60 bits per heavy atom. The van der Waals surface area contributed by atoms with Crippen LogP contribution in [0.4, 0.5) is 0 Å². The molecule has 5 heteroatoms. The molecular formula is C15H23ClIN3. The number of nitrogens with zero attached hydrogens (tertiary/aromatic N) is 1. The minimum atomic E-state index is 0. The SMILES string of the molecule is CN=C(NCc1ccccc1Cl)NC1CCCCC1.I. The molecule has 0 saturated heterocycles. The Kier molecular flexibility index (Phi) is 8.30. The van der Waals surface area contributed by atoms with E-state index in [-0.39, 0.29) is 24.0 Å². The zero-order valence-electron chi connectivity index (χ0n) is 11.9. The van der Waals surface area contributed by atoms with Crippen LogP contribution >= 0.6 is 35.6 Å². The first kappa shape index (κ1) is 17.6. The van der Waals surface area contributed by atoms with Crippen LogP contribution in [0.25, 0.3) is 0 Å². The van der Waals surface area contributed by atoms with Crippen molar-refractivity contribution in [1.29, 1.82) is 0 Å². The van der Waals surface area contributed by atoms with Gasteiger partial charge in [-0.1, -0.05) is 49.1 Å². The topological polar surface area (TPSA) is 36.4 Å². The third-order valence-electron chi connectivity index (χ3n) is 3.57. The number of hydrogen-bond donors (Lipinski definition) is 2. The van der Waals surface area contributed by atoms with E-state index in [1.165, 1.54) is 32.1 Å². The lowest BCUT2D eigenvalue weighted by Crippen LogP contribution is -2.43. The smallest absolute Gasteiger partial charge is 0.191 e. The predicted octanol–water partition coefficient (Wildman–Crippen LogP) is 3.96. The van der Waals surface area contributed by atoms with Gasteiger partial charge in [0.15, 0.2) is 5.96 Å². The van der Waals surface area contributed by atoms with Gasteiger partial charge in [0.25, 0.3) is 0 Å². The van der Waals surface area contributed by atoms with Gasteiger partial charge in [0, 0.05) is 24.7 Å². The predicted molar refractivity (Wildman–Crippen MR) is 97.1 cm³/mol. The van der Waals surface area contributed by atoms with Gasteiger partial charge in [-0.3, -0.25) is 4.99 Å². The van der Waals surface area contributed by atoms with Crippen LogP contribution in [0.3, 0.4) is 0 Å². The molecule has 20 heavy (non-hydrogen) atoms. The summed E-state index contributed by atoms with van der Waals surface area (Å²) in [7, 11) is 1.81. The van der Waals surface area contributed by atoms with Gasteiger partial charge in [-0.25, -0.2) is 0 Å². The van der Waals surface area contributed by atoms with Crippen LogP contribution in [0, 0.1) is 0 Å². The minimum absolute atomic E-state index is 0. The summed E-state index contributed by atoms with van der Waals surface area (Å²) in [6, 6.07) is 8.45. The van der Waals surface area contributed by atoms with Crippen LogP contribution < -0.4 is 10.6 Å². The first-order valence-corrected chi connectivity index (χ1v) is 7.38. The molecule has 2 rings (SSSR count). The normalized spacial score (nSPS) is 16.4. The highest BCUT2D eigenvalue weighted by Gasteiger charge is 2.14. The van der Waals surface area contributed by atoms with Crippen LogP contribution in [0.5, 0.6) is 0 Å². The Balaban J connectivity index is 0.00000200. The van der Waals surface area contributed by atoms with E-state index in [0.717, 1.165) is 16.5 Å². The summed E-state index contributed by atoms with van der Waals surface area (Å²) in [5.74, 6) is 0.867. The molecule has 0 aromatic heterocycles. The summed E-state index contributed by atoms with van der Waals surface area (Å²) in [5.41, 5.74) is 1.09. The highest BCUT2D eigenvalue weighted by Crippen LogP contribution is 2.17. The number of nitrogens with one attached hydrogen (secondary N) is 2. The largest absolute Gasteiger partial charge is 0.354 e. The van der Waals surface area contributed by atoms with Gasteiger partial charge in [-0.15, -0.1) is 24.0 Å². The van der Waals surface area contributed by atoms with E-state index in [9.17, 15) is 0 Å². The lowest BCUT2D eigenvalue weighted by molar-refractivity contribution is 0.410. The van der Waals surface area contributed by atoms with Gasteiger partial charge in [0.05, 0.1) is 0 Å². The zero-order valence-corrected chi connectivity index (χ0v) is 14.9. The van der Waals surface area contributed by atoms with Crippen molar-refractivity contribution in [3.8, 4) is 0 Å². The highest BCUT2D eigenvalue weighted by atomic mass is 127. The third-order valence-corrected chi connectivity index (χ3v) is 3.94. The van der Waals surface area contributed by atoms with Crippen LogP contribution in [-0.2, 0) is 6.54 Å². The maximum absolute atomic E-state index is 6.14. The minimum Gasteiger partial charge on any atom is -0.354 e. The van der Waals surface area contributed by atoms with Crippen molar-refractivity contribution < 1.29 is 0 Å². The molecule has 112 valence electrons. The first-order valence-electron chi connectivity index (χ1n) is 7.00. The van der Waals surface area contributed by atoms with Gasteiger partial charge in [0.1, 0.15) is 0 Å². The van der Waals surface area contributed by atoms with E-state index < -0.39 is 0 Å². The molecule has 0 bridgehead atoms. The van der Waals surface area contributed by atoms with Crippen LogP contribution in [0.2, 0.25) is 5.02 Å². The molecule has 1 aromatic carbocycles. The molecule has 3 nitrogen and oxygen atoms in total. The number of benzene rings is 1. The summed E-state index contributed by atoms with van der Waals surface area (Å²) >= 11 is 6.14. The molecule has 1 aliphatic carbocycles. The first-order chi connectivity index (χ1) is 9.29. The second kappa shape index (κ2) is 9.45. The average Bonchev–Trinajstić information content (AvgIpc) is 2.46. The Hall–Kier alpha value is -0.490. The highest BCUT2D eigenvalue weighted by molar-refractivity contribution is 14.0. The molecule has 0 amide bonds. The number of rotatable bonds is 3. The molecule has 0 unspecified atom stereocenters. The molecule has 2 N–H and O–H groups in total. The Morgan fingerprint density at radius 2 is 1.95 bits per heavy atom. The molecule has 0 spiro atoms. The van der Waals surface area contributed by atoms with E-state index in [2.05, 4.69) is 15.6 Å². The lowest BCUT2D eigenvalue weighted by Gasteiger charge is -2.25. The number of guanidine groups is 1. The van der Waals surface area contributed by atoms with Crippen molar-refractivity contribution >= 4 is 41.5 Å². The Bertz CT molecular complexity index is 431. The van der Waals surface area contributed by atoms with Gasteiger partial charge >= 0.3 is 0 Å². The molecular weight excluding hydrogens is 385 g/mol. The van der Waals surface area contributed by atoms with Crippen molar-refractivity contribution in [2.24, 2.45) is 4.99 Å². The average molecular weight is 408 g/mol. The van der Waals surface area contributed by atoms with E-state index in [1.54, 1.807) is 0 Å². The van der Waals surface area contributed by atoms with Gasteiger partial charge < -0.3 is 10.6 Å². The van der Waals surface area contributed by atoms with Crippen LogP contribution in [0.1, 0.15) is 37.7 Å². The summed E-state index contributed by atoms with van der Waals surface area (Å²) in [6.07, 6.45) is 6.49. The molecule has 0 radical (unpaired) electrons. The van der Waals surface area contributed by atoms with Crippen LogP contribution in [-0.4, -0.2) is 19.0 Å². The molecule has 0 atom stereocenters. The summed E-state index contributed by atoms with van der Waals surface area (Å²) < 4.78 is 0. The second-order valence-corrected chi connectivity index (χ2v) is 5.40. The summed E-state index contributed by atoms with van der Waals surface area (Å²) in [6.45, 7) is 0.700. The van der Waals surface area contributed by atoms with Gasteiger partial charge in [0.2, 0.25) is 0 Å². The van der Waals surface area contributed by atoms with E-state index in [0.29, 0.717) is 12.6 Å². The number of aliphatic imine (C=N–C) groups is 1. The fourth-order valence-corrected chi connectivity index (χ4v) is 2.66. The third kappa shape index (κ3) is 5.48. The fourth-order valence-electron chi connectivity index (χ4n) is 2.46. The molecule has 0 heterocycles.